The highest BCUT2D eigenvalue weighted by atomic mass is 79.9. The number of aromatic hydroxyl groups is 1. The summed E-state index contributed by atoms with van der Waals surface area (Å²) in [4.78, 5) is 11.2. The lowest BCUT2D eigenvalue weighted by Crippen LogP contribution is -1.97. The number of benzene rings is 1. The van der Waals surface area contributed by atoms with E-state index in [2.05, 4.69) is 15.9 Å². The average molecular weight is 247 g/mol. The monoisotopic (exact) mass is 246 g/mol. The zero-order valence-corrected chi connectivity index (χ0v) is 8.56. The Morgan fingerprint density at radius 1 is 1.62 bits per heavy atom. The van der Waals surface area contributed by atoms with Gasteiger partial charge in [0, 0.05) is 12.5 Å². The SMILES string of the molecule is CCC(=O)c1cc(Br)c(F)cc1O. The molecule has 0 heterocycles. The Balaban J connectivity index is 3.23. The van der Waals surface area contributed by atoms with E-state index >= 15 is 0 Å². The fraction of sp³-hybridized carbons (Fsp3) is 0.222. The number of hydrogen-bond acceptors (Lipinski definition) is 2. The van der Waals surface area contributed by atoms with Crippen LogP contribution in [0, 0.1) is 5.82 Å². The van der Waals surface area contributed by atoms with E-state index in [0.717, 1.165) is 6.07 Å². The summed E-state index contributed by atoms with van der Waals surface area (Å²) in [6, 6.07) is 2.21. The van der Waals surface area contributed by atoms with Gasteiger partial charge >= 0.3 is 0 Å². The van der Waals surface area contributed by atoms with Gasteiger partial charge in [0.25, 0.3) is 0 Å². The molecule has 0 amide bonds. The topological polar surface area (TPSA) is 37.3 Å². The van der Waals surface area contributed by atoms with Crippen molar-refractivity contribution in [3.05, 3.63) is 28.0 Å². The lowest BCUT2D eigenvalue weighted by molar-refractivity contribution is 0.0985. The van der Waals surface area contributed by atoms with Gasteiger partial charge in [-0.3, -0.25) is 4.79 Å². The zero-order valence-electron chi connectivity index (χ0n) is 6.97. The molecule has 0 saturated heterocycles. The molecular formula is C9H8BrFO2. The number of carbonyl (C=O) groups is 1. The first-order valence-electron chi connectivity index (χ1n) is 3.77. The summed E-state index contributed by atoms with van der Waals surface area (Å²) >= 11 is 2.94. The van der Waals surface area contributed by atoms with E-state index < -0.39 is 5.82 Å². The Labute approximate surface area is 83.5 Å². The first-order chi connectivity index (χ1) is 6.06. The van der Waals surface area contributed by atoms with Crippen molar-refractivity contribution in [2.75, 3.05) is 0 Å². The summed E-state index contributed by atoms with van der Waals surface area (Å²) in [5.41, 5.74) is 0.149. The summed E-state index contributed by atoms with van der Waals surface area (Å²) in [7, 11) is 0. The smallest absolute Gasteiger partial charge is 0.166 e. The Bertz CT molecular complexity index is 350. The normalized spacial score (nSPS) is 10.1. The van der Waals surface area contributed by atoms with E-state index in [1.165, 1.54) is 6.07 Å². The third kappa shape index (κ3) is 2.06. The van der Waals surface area contributed by atoms with Crippen molar-refractivity contribution in [1.82, 2.24) is 0 Å². The van der Waals surface area contributed by atoms with E-state index in [1.54, 1.807) is 6.92 Å². The van der Waals surface area contributed by atoms with E-state index in [1.807, 2.05) is 0 Å². The maximum atomic E-state index is 12.8. The summed E-state index contributed by atoms with van der Waals surface area (Å²) in [6.45, 7) is 1.68. The molecule has 0 bridgehead atoms. The fourth-order valence-electron chi connectivity index (χ4n) is 0.950. The third-order valence-electron chi connectivity index (χ3n) is 1.66. The highest BCUT2D eigenvalue weighted by Crippen LogP contribution is 2.26. The molecule has 1 rings (SSSR count). The second-order valence-electron chi connectivity index (χ2n) is 2.56. The maximum Gasteiger partial charge on any atom is 0.166 e. The van der Waals surface area contributed by atoms with Crippen molar-refractivity contribution >= 4 is 21.7 Å². The number of rotatable bonds is 2. The zero-order chi connectivity index (χ0) is 10.0. The lowest BCUT2D eigenvalue weighted by atomic mass is 10.1. The molecule has 0 radical (unpaired) electrons. The van der Waals surface area contributed by atoms with Crippen LogP contribution in [0.5, 0.6) is 5.75 Å². The molecule has 70 valence electrons. The second kappa shape index (κ2) is 3.87. The highest BCUT2D eigenvalue weighted by molar-refractivity contribution is 9.10. The molecule has 1 aromatic rings. The molecule has 0 fully saturated rings. The van der Waals surface area contributed by atoms with Gasteiger partial charge in [-0.1, -0.05) is 6.92 Å². The standard InChI is InChI=1S/C9H8BrFO2/c1-2-8(12)5-3-6(10)7(11)4-9(5)13/h3-4,13H,2H2,1H3. The van der Waals surface area contributed by atoms with Crippen molar-refractivity contribution in [1.29, 1.82) is 0 Å². The van der Waals surface area contributed by atoms with Gasteiger partial charge in [0.15, 0.2) is 5.78 Å². The molecule has 0 unspecified atom stereocenters. The molecule has 0 spiro atoms. The summed E-state index contributed by atoms with van der Waals surface area (Å²) < 4.78 is 13.0. The van der Waals surface area contributed by atoms with Gasteiger partial charge in [0.1, 0.15) is 11.6 Å². The van der Waals surface area contributed by atoms with Crippen molar-refractivity contribution < 1.29 is 14.3 Å². The Morgan fingerprint density at radius 3 is 2.77 bits per heavy atom. The number of Topliss-reactive ketones (excluding diaryl/α,β-unsaturated/α-hetero) is 1. The van der Waals surface area contributed by atoms with Crippen LogP contribution in [0.1, 0.15) is 23.7 Å². The molecule has 1 aromatic carbocycles. The van der Waals surface area contributed by atoms with Crippen molar-refractivity contribution in [3.8, 4) is 5.75 Å². The van der Waals surface area contributed by atoms with Gasteiger partial charge in [-0.05, 0) is 22.0 Å². The lowest BCUT2D eigenvalue weighted by Gasteiger charge is -2.03. The number of hydrogen-bond donors (Lipinski definition) is 1. The predicted octanol–water partition coefficient (Wildman–Crippen LogP) is 2.89. The van der Waals surface area contributed by atoms with Crippen LogP contribution in [-0.2, 0) is 0 Å². The first-order valence-corrected chi connectivity index (χ1v) is 4.56. The first kappa shape index (κ1) is 10.2. The minimum Gasteiger partial charge on any atom is -0.507 e. The van der Waals surface area contributed by atoms with Gasteiger partial charge < -0.3 is 5.11 Å². The highest BCUT2D eigenvalue weighted by Gasteiger charge is 2.12. The quantitative estimate of drug-likeness (QED) is 0.816. The van der Waals surface area contributed by atoms with E-state index in [0.29, 0.717) is 0 Å². The van der Waals surface area contributed by atoms with Crippen LogP contribution in [0.25, 0.3) is 0 Å². The van der Waals surface area contributed by atoms with Crippen LogP contribution in [-0.4, -0.2) is 10.9 Å². The Hall–Kier alpha value is -0.900. The van der Waals surface area contributed by atoms with Crippen molar-refractivity contribution in [3.63, 3.8) is 0 Å². The molecule has 0 aliphatic heterocycles. The molecule has 0 aliphatic rings. The second-order valence-corrected chi connectivity index (χ2v) is 3.41. The predicted molar refractivity (Wildman–Crippen MR) is 50.4 cm³/mol. The average Bonchev–Trinajstić information content (AvgIpc) is 2.10. The van der Waals surface area contributed by atoms with Crippen molar-refractivity contribution in [2.24, 2.45) is 0 Å². The summed E-state index contributed by atoms with van der Waals surface area (Å²) in [5, 5.41) is 9.24. The van der Waals surface area contributed by atoms with Crippen LogP contribution < -0.4 is 0 Å². The molecule has 4 heteroatoms. The van der Waals surface area contributed by atoms with Gasteiger partial charge in [-0.25, -0.2) is 4.39 Å². The molecule has 0 aliphatic carbocycles. The van der Waals surface area contributed by atoms with Crippen LogP contribution in [0.2, 0.25) is 0 Å². The number of ketones is 1. The number of phenolic OH excluding ortho intramolecular Hbond substituents is 1. The number of phenols is 1. The van der Waals surface area contributed by atoms with Gasteiger partial charge in [-0.2, -0.15) is 0 Å². The molecule has 0 saturated carbocycles. The molecule has 1 N–H and O–H groups in total. The van der Waals surface area contributed by atoms with E-state index in [9.17, 15) is 14.3 Å². The van der Waals surface area contributed by atoms with Gasteiger partial charge in [-0.15, -0.1) is 0 Å². The Kier molecular flexibility index (Phi) is 3.03. The molecule has 0 aromatic heterocycles. The molecular weight excluding hydrogens is 239 g/mol. The van der Waals surface area contributed by atoms with E-state index in [4.69, 9.17) is 0 Å². The van der Waals surface area contributed by atoms with Crippen LogP contribution in [0.4, 0.5) is 4.39 Å². The van der Waals surface area contributed by atoms with E-state index in [-0.39, 0.29) is 28.0 Å². The van der Waals surface area contributed by atoms with Crippen LogP contribution in [0.3, 0.4) is 0 Å². The largest absolute Gasteiger partial charge is 0.507 e. The minimum atomic E-state index is -0.579. The third-order valence-corrected chi connectivity index (χ3v) is 2.27. The fourth-order valence-corrected chi connectivity index (χ4v) is 1.29. The minimum absolute atomic E-state index is 0.149. The molecule has 13 heavy (non-hydrogen) atoms. The van der Waals surface area contributed by atoms with Gasteiger partial charge in [0.2, 0.25) is 0 Å². The van der Waals surface area contributed by atoms with Crippen LogP contribution in [0.15, 0.2) is 16.6 Å². The molecule has 0 atom stereocenters. The Morgan fingerprint density at radius 2 is 2.23 bits per heavy atom. The maximum absolute atomic E-state index is 12.8. The summed E-state index contributed by atoms with van der Waals surface area (Å²) in [5.74, 6) is -1.10. The number of carbonyl (C=O) groups excluding carboxylic acids is 1. The van der Waals surface area contributed by atoms with Crippen molar-refractivity contribution in [2.45, 2.75) is 13.3 Å². The molecule has 2 nitrogen and oxygen atoms in total. The van der Waals surface area contributed by atoms with Crippen LogP contribution >= 0.6 is 15.9 Å². The van der Waals surface area contributed by atoms with Gasteiger partial charge in [0.05, 0.1) is 10.0 Å². The summed E-state index contributed by atoms with van der Waals surface area (Å²) in [6.07, 6.45) is 0.283. The number of halogens is 2.